The number of rotatable bonds is 6. The van der Waals surface area contributed by atoms with Crippen LogP contribution in [-0.4, -0.2) is 35.3 Å². The van der Waals surface area contributed by atoms with Gasteiger partial charge in [0.1, 0.15) is 6.04 Å². The second kappa shape index (κ2) is 8.08. The number of ether oxygens (including phenoxy) is 1. The molecule has 7 nitrogen and oxygen atoms in total. The molecule has 2 rings (SSSR count). The van der Waals surface area contributed by atoms with Gasteiger partial charge in [0.2, 0.25) is 0 Å². The van der Waals surface area contributed by atoms with E-state index >= 15 is 0 Å². The van der Waals surface area contributed by atoms with Crippen LogP contribution in [0.2, 0.25) is 0 Å². The summed E-state index contributed by atoms with van der Waals surface area (Å²) in [5, 5.41) is 5.74. The highest BCUT2D eigenvalue weighted by atomic mass is 16.7. The molecule has 0 N–H and O–H groups in total. The van der Waals surface area contributed by atoms with Gasteiger partial charge in [0.25, 0.3) is 0 Å². The Bertz CT molecular complexity index is 653. The van der Waals surface area contributed by atoms with E-state index in [1.54, 1.807) is 0 Å². The van der Waals surface area contributed by atoms with E-state index in [1.807, 2.05) is 35.4 Å². The van der Waals surface area contributed by atoms with Gasteiger partial charge in [-0.2, -0.15) is 5.06 Å². The number of hydrogen-bond donors (Lipinski definition) is 0. The minimum absolute atomic E-state index is 0.258. The Morgan fingerprint density at radius 2 is 1.77 bits per heavy atom. The van der Waals surface area contributed by atoms with Crippen molar-refractivity contribution in [2.75, 3.05) is 7.11 Å². The maximum Gasteiger partial charge on any atom is 0.337 e. The molecular formula is C19H28N4O3. The fraction of sp³-hybridized carbons (Fsp3) is 0.632. The molecule has 0 amide bonds. The van der Waals surface area contributed by atoms with Crippen LogP contribution in [0.3, 0.4) is 0 Å². The van der Waals surface area contributed by atoms with Crippen molar-refractivity contribution in [3.8, 4) is 0 Å². The minimum atomic E-state index is -1.06. The highest BCUT2D eigenvalue weighted by Gasteiger charge is 2.46. The quantitative estimate of drug-likeness (QED) is 0.322. The summed E-state index contributed by atoms with van der Waals surface area (Å²) in [5.74, 6) is -0.566. The van der Waals surface area contributed by atoms with Gasteiger partial charge in [-0.1, -0.05) is 35.4 Å². The molecule has 1 heterocycles. The van der Waals surface area contributed by atoms with Gasteiger partial charge in [-0.25, -0.2) is 4.79 Å². The lowest BCUT2D eigenvalue weighted by Crippen LogP contribution is -2.60. The van der Waals surface area contributed by atoms with Crippen LogP contribution in [0.25, 0.3) is 10.4 Å². The third-order valence-electron chi connectivity index (χ3n) is 4.93. The molecule has 0 unspecified atom stereocenters. The van der Waals surface area contributed by atoms with Crippen molar-refractivity contribution in [2.45, 2.75) is 70.2 Å². The predicted octanol–water partition coefficient (Wildman–Crippen LogP) is 4.55. The number of esters is 1. The molecule has 1 aromatic carbocycles. The molecule has 7 heteroatoms. The molecular weight excluding hydrogens is 332 g/mol. The van der Waals surface area contributed by atoms with Crippen LogP contribution in [0, 0.1) is 0 Å². The fourth-order valence-corrected chi connectivity index (χ4v) is 3.73. The van der Waals surface area contributed by atoms with E-state index < -0.39 is 18.1 Å². The number of nitrogens with zero attached hydrogens (tertiary/aromatic N) is 4. The van der Waals surface area contributed by atoms with Crippen molar-refractivity contribution in [3.05, 3.63) is 46.3 Å². The molecule has 1 aliphatic heterocycles. The normalized spacial score (nSPS) is 21.3. The third-order valence-corrected chi connectivity index (χ3v) is 4.93. The van der Waals surface area contributed by atoms with E-state index in [9.17, 15) is 4.79 Å². The second-order valence-corrected chi connectivity index (χ2v) is 7.88. The molecule has 1 saturated heterocycles. The van der Waals surface area contributed by atoms with E-state index in [0.29, 0.717) is 5.56 Å². The van der Waals surface area contributed by atoms with Crippen LogP contribution in [0.4, 0.5) is 0 Å². The largest absolute Gasteiger partial charge is 0.467 e. The highest BCUT2D eigenvalue weighted by Crippen LogP contribution is 2.40. The van der Waals surface area contributed by atoms with Crippen LogP contribution < -0.4 is 0 Å². The zero-order valence-electron chi connectivity index (χ0n) is 16.2. The lowest BCUT2D eigenvalue weighted by Gasteiger charge is -2.52. The van der Waals surface area contributed by atoms with Crippen molar-refractivity contribution in [2.24, 2.45) is 5.11 Å². The van der Waals surface area contributed by atoms with E-state index in [0.717, 1.165) is 19.3 Å². The van der Waals surface area contributed by atoms with Crippen molar-refractivity contribution in [3.63, 3.8) is 0 Å². The third kappa shape index (κ3) is 4.36. The Morgan fingerprint density at radius 1 is 1.19 bits per heavy atom. The van der Waals surface area contributed by atoms with Crippen molar-refractivity contribution >= 4 is 5.97 Å². The van der Waals surface area contributed by atoms with E-state index in [2.05, 4.69) is 37.7 Å². The summed E-state index contributed by atoms with van der Waals surface area (Å²) < 4.78 is 4.97. The predicted molar refractivity (Wildman–Crippen MR) is 99.1 cm³/mol. The molecule has 0 aromatic heterocycles. The summed E-state index contributed by atoms with van der Waals surface area (Å²) in [5.41, 5.74) is 9.24. The monoisotopic (exact) mass is 360 g/mol. The van der Waals surface area contributed by atoms with Crippen molar-refractivity contribution < 1.29 is 14.4 Å². The SMILES string of the molecule is COC(=O)[C@H](ON1C(C)(C)CCCC1(C)C)[C@H](N=[N+]=[N-])c1ccccc1. The first-order valence-electron chi connectivity index (χ1n) is 8.87. The molecule has 142 valence electrons. The Hall–Kier alpha value is -2.08. The molecule has 26 heavy (non-hydrogen) atoms. The topological polar surface area (TPSA) is 87.5 Å². The summed E-state index contributed by atoms with van der Waals surface area (Å²) >= 11 is 0. The number of methoxy groups -OCH3 is 1. The molecule has 0 radical (unpaired) electrons. The van der Waals surface area contributed by atoms with E-state index in [4.69, 9.17) is 15.1 Å². The van der Waals surface area contributed by atoms with Crippen LogP contribution >= 0.6 is 0 Å². The molecule has 0 saturated carbocycles. The molecule has 1 aliphatic rings. The molecule has 0 bridgehead atoms. The van der Waals surface area contributed by atoms with Gasteiger partial charge < -0.3 is 4.74 Å². The standard InChI is InChI=1S/C19H28N4O3/c1-18(2)12-9-13-19(3,4)23(18)26-16(17(24)25-5)15(21-22-20)14-10-7-6-8-11-14/h6-8,10-11,15-16H,9,12-13H2,1-5H3/t15-,16-/m1/s1. The number of carbonyl (C=O) groups excluding carboxylic acids is 1. The summed E-state index contributed by atoms with van der Waals surface area (Å²) in [7, 11) is 1.31. The first-order chi connectivity index (χ1) is 12.2. The van der Waals surface area contributed by atoms with E-state index in [1.165, 1.54) is 7.11 Å². The van der Waals surface area contributed by atoms with Crippen molar-refractivity contribution in [1.29, 1.82) is 0 Å². The summed E-state index contributed by atoms with van der Waals surface area (Å²) in [6.45, 7) is 8.36. The van der Waals surface area contributed by atoms with Crippen molar-refractivity contribution in [1.82, 2.24) is 5.06 Å². The van der Waals surface area contributed by atoms with Crippen LogP contribution in [0.5, 0.6) is 0 Å². The van der Waals surface area contributed by atoms with Crippen LogP contribution in [0.15, 0.2) is 35.4 Å². The average molecular weight is 360 g/mol. The van der Waals surface area contributed by atoms with Gasteiger partial charge in [0.15, 0.2) is 6.10 Å². The molecule has 0 aliphatic carbocycles. The zero-order chi connectivity index (χ0) is 19.4. The van der Waals surface area contributed by atoms with Gasteiger partial charge in [0.05, 0.1) is 7.11 Å². The Balaban J connectivity index is 2.43. The number of carbonyl (C=O) groups is 1. The average Bonchev–Trinajstić information content (AvgIpc) is 2.59. The summed E-state index contributed by atoms with van der Waals surface area (Å²) in [6, 6.07) is 8.33. The smallest absolute Gasteiger partial charge is 0.337 e. The lowest BCUT2D eigenvalue weighted by atomic mass is 9.82. The van der Waals surface area contributed by atoms with Gasteiger partial charge >= 0.3 is 5.97 Å². The molecule has 2 atom stereocenters. The number of hydrogen-bond acceptors (Lipinski definition) is 5. The van der Waals surface area contributed by atoms with Gasteiger partial charge in [0, 0.05) is 16.0 Å². The molecule has 1 fully saturated rings. The minimum Gasteiger partial charge on any atom is -0.467 e. The molecule has 1 aromatic rings. The summed E-state index contributed by atoms with van der Waals surface area (Å²) in [4.78, 5) is 21.7. The fourth-order valence-electron chi connectivity index (χ4n) is 3.73. The van der Waals surface area contributed by atoms with Gasteiger partial charge in [-0.3, -0.25) is 4.84 Å². The molecule has 0 spiro atoms. The van der Waals surface area contributed by atoms with Crippen LogP contribution in [0.1, 0.15) is 58.6 Å². The Labute approximate surface area is 154 Å². The zero-order valence-corrected chi connectivity index (χ0v) is 16.2. The number of benzene rings is 1. The van der Waals surface area contributed by atoms with Gasteiger partial charge in [-0.15, -0.1) is 0 Å². The Kier molecular flexibility index (Phi) is 6.29. The first kappa shape index (κ1) is 20.2. The van der Waals surface area contributed by atoms with Crippen LogP contribution in [-0.2, 0) is 14.4 Å². The second-order valence-electron chi connectivity index (χ2n) is 7.88. The lowest BCUT2D eigenvalue weighted by molar-refractivity contribution is -0.305. The number of hydroxylamine groups is 2. The number of piperidine rings is 1. The summed E-state index contributed by atoms with van der Waals surface area (Å²) in [6.07, 6.45) is 1.92. The maximum atomic E-state index is 12.5. The maximum absolute atomic E-state index is 12.5. The highest BCUT2D eigenvalue weighted by molar-refractivity contribution is 5.75. The van der Waals surface area contributed by atoms with Gasteiger partial charge in [-0.05, 0) is 58.1 Å². The van der Waals surface area contributed by atoms with E-state index in [-0.39, 0.29) is 11.1 Å². The first-order valence-corrected chi connectivity index (χ1v) is 8.87. The number of azide groups is 1. The Morgan fingerprint density at radius 3 is 2.27 bits per heavy atom.